The van der Waals surface area contributed by atoms with Gasteiger partial charge in [0.25, 0.3) is 0 Å². The van der Waals surface area contributed by atoms with E-state index in [4.69, 9.17) is 42.5 Å². The maximum absolute atomic E-state index is 8.88. The Labute approximate surface area is 309 Å². The Morgan fingerprint density at radius 3 is 1.48 bits per heavy atom. The van der Waals surface area contributed by atoms with Gasteiger partial charge in [-0.1, -0.05) is 26.0 Å². The number of nitrogens with zero attached hydrogens (tertiary/aromatic N) is 4. The third-order valence-electron chi connectivity index (χ3n) is 8.93. The fourth-order valence-electron chi connectivity index (χ4n) is 6.29. The highest BCUT2D eigenvalue weighted by Crippen LogP contribution is 2.39. The number of hydrogen-bond acceptors (Lipinski definition) is 10. The zero-order valence-corrected chi connectivity index (χ0v) is 32.0. The molecule has 0 saturated carbocycles. The van der Waals surface area contributed by atoms with Gasteiger partial charge in [0.15, 0.2) is 23.8 Å². The smallest absolute Gasteiger partial charge is 0.215 e. The van der Waals surface area contributed by atoms with Crippen LogP contribution in [0.5, 0.6) is 0 Å². The fraction of sp³-hybridized carbons (Fsp3) is 0.342. The average Bonchev–Trinajstić information content (AvgIpc) is 3.41. The number of rotatable bonds is 5. The summed E-state index contributed by atoms with van der Waals surface area (Å²) < 4.78 is 72.5. The molecule has 2 aliphatic rings. The van der Waals surface area contributed by atoms with Gasteiger partial charge in [0, 0.05) is 61.6 Å². The SMILES string of the molecule is CCc1ccc2c(c1)C(C)(C)c1cc(/C=C/N(C)C)cc[n+]1-2.CCc1ccc2c(c1)C(C)(C)c1cc(CC#N)cc[n+]1-2.[O-][Cl+3]([O-])([O-])[O-].[O-][Cl+3]([O-])([O-])[O-]. The molecule has 2 aliphatic heterocycles. The minimum absolute atomic E-state index is 0.00796. The molecule has 14 heteroatoms. The lowest BCUT2D eigenvalue weighted by molar-refractivity contribution is -2.00. The van der Waals surface area contributed by atoms with Crippen LogP contribution in [-0.4, -0.2) is 19.0 Å². The summed E-state index contributed by atoms with van der Waals surface area (Å²) in [6.45, 7) is 13.6. The molecule has 2 aromatic heterocycles. The third kappa shape index (κ3) is 11.0. The first kappa shape index (κ1) is 42.4. The van der Waals surface area contributed by atoms with Gasteiger partial charge >= 0.3 is 0 Å². The highest BCUT2D eigenvalue weighted by Gasteiger charge is 2.44. The number of hydrogen-bond donors (Lipinski definition) is 0. The molecule has 12 nitrogen and oxygen atoms in total. The van der Waals surface area contributed by atoms with Crippen LogP contribution in [0.3, 0.4) is 0 Å². The second-order valence-electron chi connectivity index (χ2n) is 13.5. The first-order valence-corrected chi connectivity index (χ1v) is 18.8. The topological polar surface area (TPSA) is 219 Å². The molecule has 4 heterocycles. The first-order chi connectivity index (χ1) is 24.0. The third-order valence-corrected chi connectivity index (χ3v) is 8.93. The van der Waals surface area contributed by atoms with Gasteiger partial charge in [-0.15, -0.1) is 20.5 Å². The molecule has 6 rings (SSSR count). The van der Waals surface area contributed by atoms with E-state index in [0.717, 1.165) is 18.4 Å². The van der Waals surface area contributed by atoms with Gasteiger partial charge in [0.05, 0.1) is 23.3 Å². The summed E-state index contributed by atoms with van der Waals surface area (Å²) in [5, 5.41) is 8.88. The standard InChI is InChI=1S/C20H25N2.C18H19N2.2ClHO4/c1-6-15-7-8-18-17(13-15)20(2,3)19-14-16(9-11-21(4)5)10-12-22(18)19;1-4-13-5-6-16-15(11-13)18(2,3)17-12-14(7-9-19)8-10-20(16)17;2*2-1(3,4)5/h7-14H,6H2,1-5H3;5-6,8,10-12H,4,7H2,1-3H3;2*(H,2,3,4,5)/q2*+1;;/p-2. The van der Waals surface area contributed by atoms with Crippen LogP contribution in [0.4, 0.5) is 0 Å². The molecule has 0 unspecified atom stereocenters. The van der Waals surface area contributed by atoms with Crippen LogP contribution in [-0.2, 0) is 30.1 Å². The van der Waals surface area contributed by atoms with Crippen molar-refractivity contribution in [1.82, 2.24) is 4.90 Å². The largest absolute Gasteiger partial charge is 0.383 e. The number of nitriles is 1. The average molecular weight is 756 g/mol. The maximum Gasteiger partial charge on any atom is 0.215 e. The van der Waals surface area contributed by atoms with Crippen LogP contribution in [0.2, 0.25) is 0 Å². The van der Waals surface area contributed by atoms with Gasteiger partial charge in [0.2, 0.25) is 11.4 Å². The summed E-state index contributed by atoms with van der Waals surface area (Å²) in [6.07, 6.45) is 11.2. The zero-order valence-electron chi connectivity index (χ0n) is 30.5. The molecule has 52 heavy (non-hydrogen) atoms. The minimum Gasteiger partial charge on any atom is -0.383 e. The summed E-state index contributed by atoms with van der Waals surface area (Å²) in [4.78, 5) is 2.06. The lowest BCUT2D eigenvalue weighted by atomic mass is 9.82. The van der Waals surface area contributed by atoms with Gasteiger partial charge < -0.3 is 4.90 Å². The van der Waals surface area contributed by atoms with Gasteiger partial charge in [-0.25, -0.2) is 37.3 Å². The second-order valence-corrected chi connectivity index (χ2v) is 15.0. The molecule has 0 N–H and O–H groups in total. The summed E-state index contributed by atoms with van der Waals surface area (Å²) >= 11 is 0. The molecular formula is C38H44Cl2N4O8. The molecule has 0 spiro atoms. The lowest BCUT2D eigenvalue weighted by Gasteiger charge is -2.17. The molecule has 0 bridgehead atoms. The fourth-order valence-corrected chi connectivity index (χ4v) is 6.29. The monoisotopic (exact) mass is 754 g/mol. The predicted molar refractivity (Wildman–Crippen MR) is 171 cm³/mol. The van der Waals surface area contributed by atoms with E-state index in [-0.39, 0.29) is 10.8 Å². The zero-order chi connectivity index (χ0) is 39.2. The number of pyridine rings is 2. The van der Waals surface area contributed by atoms with Crippen LogP contribution >= 0.6 is 0 Å². The lowest BCUT2D eigenvalue weighted by Crippen LogP contribution is -2.68. The summed E-state index contributed by atoms with van der Waals surface area (Å²) in [7, 11) is -5.80. The van der Waals surface area contributed by atoms with E-state index in [1.54, 1.807) is 0 Å². The van der Waals surface area contributed by atoms with Crippen molar-refractivity contribution in [2.45, 2.75) is 71.6 Å². The highest BCUT2D eigenvalue weighted by molar-refractivity contribution is 5.54. The summed E-state index contributed by atoms with van der Waals surface area (Å²) in [5.41, 5.74) is 13.2. The predicted octanol–water partition coefficient (Wildman–Crippen LogP) is -2.58. The van der Waals surface area contributed by atoms with E-state index in [1.807, 2.05) is 20.2 Å². The second kappa shape index (κ2) is 16.8. The Morgan fingerprint density at radius 2 is 1.08 bits per heavy atom. The highest BCUT2D eigenvalue weighted by atomic mass is 35.7. The molecular weight excluding hydrogens is 711 g/mol. The molecule has 278 valence electrons. The Kier molecular flexibility index (Phi) is 13.7. The van der Waals surface area contributed by atoms with E-state index in [2.05, 4.69) is 141 Å². The number of halogens is 2. The number of fused-ring (bicyclic) bond motifs is 6. The van der Waals surface area contributed by atoms with E-state index >= 15 is 0 Å². The van der Waals surface area contributed by atoms with Crippen molar-refractivity contribution in [3.8, 4) is 17.4 Å². The quantitative estimate of drug-likeness (QED) is 0.194. The first-order valence-electron chi connectivity index (χ1n) is 16.3. The van der Waals surface area contributed by atoms with Crippen molar-refractivity contribution >= 4 is 6.08 Å². The van der Waals surface area contributed by atoms with E-state index in [9.17, 15) is 0 Å². The Hall–Kier alpha value is -3.97. The van der Waals surface area contributed by atoms with Crippen LogP contribution in [0.25, 0.3) is 17.5 Å². The van der Waals surface area contributed by atoms with Crippen molar-refractivity contribution in [2.24, 2.45) is 0 Å². The van der Waals surface area contributed by atoms with Crippen LogP contribution in [0, 0.1) is 31.8 Å². The van der Waals surface area contributed by atoms with E-state index in [1.165, 1.54) is 50.6 Å². The molecule has 0 aliphatic carbocycles. The van der Waals surface area contributed by atoms with Crippen LogP contribution in [0.15, 0.2) is 79.3 Å². The maximum atomic E-state index is 8.88. The molecule has 0 fully saturated rings. The number of aryl methyl sites for hydroxylation is 2. The molecule has 4 aromatic rings. The summed E-state index contributed by atoms with van der Waals surface area (Å²) in [6, 6.07) is 24.6. The van der Waals surface area contributed by atoms with E-state index in [0.29, 0.717) is 6.42 Å². The van der Waals surface area contributed by atoms with Gasteiger partial charge in [-0.3, -0.25) is 0 Å². The van der Waals surface area contributed by atoms with Crippen molar-refractivity contribution < 1.29 is 66.9 Å². The van der Waals surface area contributed by atoms with Crippen molar-refractivity contribution in [1.29, 1.82) is 5.26 Å². The van der Waals surface area contributed by atoms with Crippen molar-refractivity contribution in [2.75, 3.05) is 14.1 Å². The minimum atomic E-state index is -4.94. The molecule has 0 atom stereocenters. The Morgan fingerprint density at radius 1 is 0.654 bits per heavy atom. The molecule has 0 amide bonds. The Balaban J connectivity index is 0.000000224. The number of aromatic nitrogens is 2. The number of benzene rings is 2. The molecule has 2 aromatic carbocycles. The normalized spacial score (nSPS) is 14.2. The van der Waals surface area contributed by atoms with Gasteiger partial charge in [-0.2, -0.15) is 14.4 Å². The van der Waals surface area contributed by atoms with Crippen LogP contribution in [0.1, 0.15) is 86.3 Å². The van der Waals surface area contributed by atoms with Crippen LogP contribution < -0.4 is 46.4 Å². The van der Waals surface area contributed by atoms with Gasteiger partial charge in [-0.05, 0) is 87.2 Å². The Bertz CT molecular complexity index is 1920. The summed E-state index contributed by atoms with van der Waals surface area (Å²) in [5.74, 6) is 0. The molecule has 0 saturated heterocycles. The molecule has 0 radical (unpaired) electrons. The van der Waals surface area contributed by atoms with E-state index < -0.39 is 20.5 Å². The van der Waals surface area contributed by atoms with Crippen molar-refractivity contribution in [3.63, 3.8) is 0 Å². The van der Waals surface area contributed by atoms with Crippen molar-refractivity contribution in [3.05, 3.63) is 124 Å². The van der Waals surface area contributed by atoms with Gasteiger partial charge in [0.1, 0.15) is 0 Å².